The van der Waals surface area contributed by atoms with E-state index in [-0.39, 0.29) is 6.04 Å². The number of halogens is 1. The van der Waals surface area contributed by atoms with Gasteiger partial charge in [-0.15, -0.1) is 0 Å². The van der Waals surface area contributed by atoms with Gasteiger partial charge in [-0.05, 0) is 36.7 Å². The fourth-order valence-electron chi connectivity index (χ4n) is 1.96. The predicted octanol–water partition coefficient (Wildman–Crippen LogP) is 3.68. The lowest BCUT2D eigenvalue weighted by atomic mass is 10.0. The Hall–Kier alpha value is -0.990. The summed E-state index contributed by atoms with van der Waals surface area (Å²) in [6, 6.07) is 8.12. The normalized spacial score (nSPS) is 16.5. The number of benzene rings is 1. The molecule has 92 valence electrons. The molecule has 1 aliphatic rings. The molecule has 3 heteroatoms. The SMILES string of the molecule is CCCNC(C1=CCCO1)c1ccc(Cl)cc1. The minimum absolute atomic E-state index is 0.162. The molecule has 0 saturated heterocycles. The van der Waals surface area contributed by atoms with Crippen LogP contribution in [0, 0.1) is 0 Å². The maximum atomic E-state index is 5.91. The Labute approximate surface area is 108 Å². The van der Waals surface area contributed by atoms with E-state index in [0.29, 0.717) is 0 Å². The molecule has 0 saturated carbocycles. The van der Waals surface area contributed by atoms with Crippen LogP contribution in [0.5, 0.6) is 0 Å². The van der Waals surface area contributed by atoms with Crippen molar-refractivity contribution in [3.05, 3.63) is 46.7 Å². The molecule has 1 aromatic carbocycles. The Bertz CT molecular complexity index is 386. The van der Waals surface area contributed by atoms with Crippen molar-refractivity contribution in [1.82, 2.24) is 5.32 Å². The first-order chi connectivity index (χ1) is 8.31. The van der Waals surface area contributed by atoms with Crippen molar-refractivity contribution in [3.8, 4) is 0 Å². The van der Waals surface area contributed by atoms with E-state index in [1.807, 2.05) is 12.1 Å². The summed E-state index contributed by atoms with van der Waals surface area (Å²) in [5.41, 5.74) is 1.20. The third-order valence-corrected chi connectivity index (χ3v) is 3.07. The van der Waals surface area contributed by atoms with Crippen LogP contribution in [0.25, 0.3) is 0 Å². The number of hydrogen-bond acceptors (Lipinski definition) is 2. The van der Waals surface area contributed by atoms with Crippen LogP contribution < -0.4 is 5.32 Å². The van der Waals surface area contributed by atoms with Crippen molar-refractivity contribution in [2.75, 3.05) is 13.2 Å². The fourth-order valence-corrected chi connectivity index (χ4v) is 2.09. The van der Waals surface area contributed by atoms with Crippen LogP contribution >= 0.6 is 11.6 Å². The molecule has 0 radical (unpaired) electrons. The van der Waals surface area contributed by atoms with Crippen molar-refractivity contribution in [2.45, 2.75) is 25.8 Å². The van der Waals surface area contributed by atoms with Crippen molar-refractivity contribution < 1.29 is 4.74 Å². The summed E-state index contributed by atoms with van der Waals surface area (Å²) in [4.78, 5) is 0. The standard InChI is InChI=1S/C14H18ClNO/c1-2-9-16-14(13-4-3-10-17-13)11-5-7-12(15)8-6-11/h4-8,14,16H,2-3,9-10H2,1H3. The summed E-state index contributed by atoms with van der Waals surface area (Å²) < 4.78 is 5.66. The van der Waals surface area contributed by atoms with Gasteiger partial charge in [0, 0.05) is 11.4 Å². The first kappa shape index (κ1) is 12.5. The molecule has 1 unspecified atom stereocenters. The summed E-state index contributed by atoms with van der Waals surface area (Å²) in [5, 5.41) is 4.28. The zero-order chi connectivity index (χ0) is 12.1. The van der Waals surface area contributed by atoms with E-state index in [0.717, 1.165) is 36.8 Å². The molecule has 0 aliphatic carbocycles. The molecule has 0 bridgehead atoms. The van der Waals surface area contributed by atoms with E-state index < -0.39 is 0 Å². The summed E-state index contributed by atoms with van der Waals surface area (Å²) in [6.45, 7) is 3.94. The Kier molecular flexibility index (Phi) is 4.46. The number of rotatable bonds is 5. The van der Waals surface area contributed by atoms with Gasteiger partial charge in [-0.1, -0.05) is 30.7 Å². The van der Waals surface area contributed by atoms with Gasteiger partial charge in [0.05, 0.1) is 12.6 Å². The Morgan fingerprint density at radius 2 is 2.12 bits per heavy atom. The molecule has 0 fully saturated rings. The van der Waals surface area contributed by atoms with Crippen LogP contribution in [0.2, 0.25) is 5.02 Å². The molecule has 1 atom stereocenters. The van der Waals surface area contributed by atoms with Crippen molar-refractivity contribution in [3.63, 3.8) is 0 Å². The van der Waals surface area contributed by atoms with Gasteiger partial charge in [-0.3, -0.25) is 0 Å². The summed E-state index contributed by atoms with van der Waals surface area (Å²) in [5.74, 6) is 1.04. The van der Waals surface area contributed by atoms with E-state index >= 15 is 0 Å². The molecule has 17 heavy (non-hydrogen) atoms. The van der Waals surface area contributed by atoms with E-state index in [4.69, 9.17) is 16.3 Å². The van der Waals surface area contributed by atoms with Gasteiger partial charge in [0.1, 0.15) is 5.76 Å². The second-order valence-electron chi connectivity index (χ2n) is 4.18. The van der Waals surface area contributed by atoms with Crippen molar-refractivity contribution >= 4 is 11.6 Å². The lowest BCUT2D eigenvalue weighted by Gasteiger charge is -2.20. The summed E-state index contributed by atoms with van der Waals surface area (Å²) in [7, 11) is 0. The largest absolute Gasteiger partial charge is 0.496 e. The molecule has 0 spiro atoms. The van der Waals surface area contributed by atoms with Gasteiger partial charge in [0.2, 0.25) is 0 Å². The second-order valence-corrected chi connectivity index (χ2v) is 4.62. The van der Waals surface area contributed by atoms with Gasteiger partial charge in [-0.2, -0.15) is 0 Å². The Balaban J connectivity index is 2.16. The van der Waals surface area contributed by atoms with E-state index in [2.05, 4.69) is 30.4 Å². The molecule has 0 amide bonds. The fraction of sp³-hybridized carbons (Fsp3) is 0.429. The minimum Gasteiger partial charge on any atom is -0.496 e. The predicted molar refractivity (Wildman–Crippen MR) is 71.1 cm³/mol. The molecule has 2 rings (SSSR count). The first-order valence-corrected chi connectivity index (χ1v) is 6.50. The van der Waals surface area contributed by atoms with Gasteiger partial charge < -0.3 is 10.1 Å². The zero-order valence-electron chi connectivity index (χ0n) is 10.1. The maximum Gasteiger partial charge on any atom is 0.114 e. The molecule has 1 heterocycles. The molecule has 2 nitrogen and oxygen atoms in total. The van der Waals surface area contributed by atoms with Gasteiger partial charge in [0.15, 0.2) is 0 Å². The summed E-state index contributed by atoms with van der Waals surface area (Å²) in [6.07, 6.45) is 4.28. The van der Waals surface area contributed by atoms with Gasteiger partial charge >= 0.3 is 0 Å². The number of hydrogen-bond donors (Lipinski definition) is 1. The lowest BCUT2D eigenvalue weighted by molar-refractivity contribution is 0.215. The van der Waals surface area contributed by atoms with Crippen LogP contribution in [-0.4, -0.2) is 13.2 Å². The smallest absolute Gasteiger partial charge is 0.114 e. The van der Waals surface area contributed by atoms with Crippen molar-refractivity contribution in [1.29, 1.82) is 0 Å². The second kappa shape index (κ2) is 6.08. The average molecular weight is 252 g/mol. The van der Waals surface area contributed by atoms with Crippen molar-refractivity contribution in [2.24, 2.45) is 0 Å². The van der Waals surface area contributed by atoms with E-state index in [1.54, 1.807) is 0 Å². The highest BCUT2D eigenvalue weighted by atomic mass is 35.5. The molecule has 0 aromatic heterocycles. The molecule has 1 aliphatic heterocycles. The maximum absolute atomic E-state index is 5.91. The summed E-state index contributed by atoms with van der Waals surface area (Å²) >= 11 is 5.91. The quantitative estimate of drug-likeness (QED) is 0.862. The molecular formula is C14H18ClNO. The van der Waals surface area contributed by atoms with E-state index in [1.165, 1.54) is 5.56 Å². The van der Waals surface area contributed by atoms with Crippen LogP contribution in [0.3, 0.4) is 0 Å². The average Bonchev–Trinajstić information content (AvgIpc) is 2.85. The third kappa shape index (κ3) is 3.24. The number of nitrogens with one attached hydrogen (secondary N) is 1. The lowest BCUT2D eigenvalue weighted by Crippen LogP contribution is -2.24. The number of ether oxygens (including phenoxy) is 1. The Morgan fingerprint density at radius 3 is 2.71 bits per heavy atom. The molecule has 1 aromatic rings. The minimum atomic E-state index is 0.162. The van der Waals surface area contributed by atoms with Crippen LogP contribution in [0.4, 0.5) is 0 Å². The van der Waals surface area contributed by atoms with Crippen LogP contribution in [0.1, 0.15) is 31.4 Å². The highest BCUT2D eigenvalue weighted by Gasteiger charge is 2.19. The zero-order valence-corrected chi connectivity index (χ0v) is 10.8. The van der Waals surface area contributed by atoms with Gasteiger partial charge in [-0.25, -0.2) is 0 Å². The third-order valence-electron chi connectivity index (χ3n) is 2.82. The highest BCUT2D eigenvalue weighted by Crippen LogP contribution is 2.27. The van der Waals surface area contributed by atoms with Crippen LogP contribution in [-0.2, 0) is 4.74 Å². The Morgan fingerprint density at radius 1 is 1.35 bits per heavy atom. The van der Waals surface area contributed by atoms with Crippen LogP contribution in [0.15, 0.2) is 36.1 Å². The molecule has 1 N–H and O–H groups in total. The topological polar surface area (TPSA) is 21.3 Å². The monoisotopic (exact) mass is 251 g/mol. The van der Waals surface area contributed by atoms with E-state index in [9.17, 15) is 0 Å². The highest BCUT2D eigenvalue weighted by molar-refractivity contribution is 6.30. The van der Waals surface area contributed by atoms with Gasteiger partial charge in [0.25, 0.3) is 0 Å². The first-order valence-electron chi connectivity index (χ1n) is 6.13. The molecular weight excluding hydrogens is 234 g/mol.